The Bertz CT molecular complexity index is 1470. The summed E-state index contributed by atoms with van der Waals surface area (Å²) in [6, 6.07) is 26.9. The second-order valence-corrected chi connectivity index (χ2v) is 10.4. The van der Waals surface area contributed by atoms with Crippen molar-refractivity contribution in [1.82, 2.24) is 5.32 Å². The summed E-state index contributed by atoms with van der Waals surface area (Å²) < 4.78 is 0. The van der Waals surface area contributed by atoms with E-state index in [-0.39, 0.29) is 12.3 Å². The van der Waals surface area contributed by atoms with E-state index in [2.05, 4.69) is 47.2 Å². The molecular formula is C37H37NO3. The van der Waals surface area contributed by atoms with Gasteiger partial charge in [-0.25, -0.2) is 4.79 Å². The van der Waals surface area contributed by atoms with Crippen molar-refractivity contribution in [3.63, 3.8) is 0 Å². The molecule has 0 saturated carbocycles. The summed E-state index contributed by atoms with van der Waals surface area (Å²) in [7, 11) is 0. The van der Waals surface area contributed by atoms with Gasteiger partial charge in [0.1, 0.15) is 6.04 Å². The molecule has 1 amide bonds. The zero-order valence-corrected chi connectivity index (χ0v) is 23.5. The van der Waals surface area contributed by atoms with Crippen LogP contribution in [0.1, 0.15) is 73.6 Å². The number of amides is 1. The summed E-state index contributed by atoms with van der Waals surface area (Å²) in [5.41, 5.74) is 6.49. The number of benzene rings is 3. The van der Waals surface area contributed by atoms with E-state index in [9.17, 15) is 14.7 Å². The van der Waals surface area contributed by atoms with Gasteiger partial charge in [0.2, 0.25) is 5.91 Å². The minimum Gasteiger partial charge on any atom is -0.480 e. The van der Waals surface area contributed by atoms with E-state index < -0.39 is 12.0 Å². The molecule has 0 heterocycles. The lowest BCUT2D eigenvalue weighted by atomic mass is 9.92. The fourth-order valence-corrected chi connectivity index (χ4v) is 4.91. The lowest BCUT2D eigenvalue weighted by Crippen LogP contribution is -2.42. The van der Waals surface area contributed by atoms with E-state index in [0.29, 0.717) is 6.42 Å². The van der Waals surface area contributed by atoms with Crippen LogP contribution in [0, 0.1) is 23.7 Å². The molecule has 0 aliphatic heterocycles. The highest BCUT2D eigenvalue weighted by atomic mass is 16.4. The van der Waals surface area contributed by atoms with Gasteiger partial charge in [-0.3, -0.25) is 4.79 Å². The quantitative estimate of drug-likeness (QED) is 0.217. The molecule has 0 aromatic heterocycles. The van der Waals surface area contributed by atoms with E-state index in [1.54, 1.807) is 0 Å². The van der Waals surface area contributed by atoms with Crippen molar-refractivity contribution in [2.24, 2.45) is 0 Å². The first-order chi connectivity index (χ1) is 20.1. The Balaban J connectivity index is 1.24. The van der Waals surface area contributed by atoms with Crippen LogP contribution in [0.5, 0.6) is 0 Å². The van der Waals surface area contributed by atoms with Crippen molar-refractivity contribution >= 4 is 11.9 Å². The van der Waals surface area contributed by atoms with E-state index in [1.165, 1.54) is 11.1 Å². The Morgan fingerprint density at radius 1 is 0.707 bits per heavy atom. The third-order valence-electron chi connectivity index (χ3n) is 7.17. The van der Waals surface area contributed by atoms with Crippen LogP contribution in [0.2, 0.25) is 0 Å². The maximum atomic E-state index is 12.4. The first-order valence-corrected chi connectivity index (χ1v) is 14.5. The van der Waals surface area contributed by atoms with Crippen LogP contribution in [0.4, 0.5) is 0 Å². The second kappa shape index (κ2) is 15.9. The average Bonchev–Trinajstić information content (AvgIpc) is 3.00. The molecule has 1 atom stereocenters. The van der Waals surface area contributed by atoms with Crippen LogP contribution in [0.25, 0.3) is 0 Å². The van der Waals surface area contributed by atoms with Gasteiger partial charge in [-0.15, -0.1) is 0 Å². The molecule has 3 aromatic carbocycles. The van der Waals surface area contributed by atoms with Crippen molar-refractivity contribution in [2.75, 3.05) is 0 Å². The molecule has 4 rings (SSSR count). The highest BCUT2D eigenvalue weighted by Crippen LogP contribution is 2.24. The van der Waals surface area contributed by atoms with Crippen molar-refractivity contribution < 1.29 is 14.7 Å². The fraction of sp³-hybridized carbons (Fsp3) is 0.297. The molecule has 0 fully saturated rings. The molecule has 41 heavy (non-hydrogen) atoms. The van der Waals surface area contributed by atoms with E-state index in [0.717, 1.165) is 73.6 Å². The second-order valence-electron chi connectivity index (χ2n) is 10.4. The Morgan fingerprint density at radius 3 is 2.00 bits per heavy atom. The highest BCUT2D eigenvalue weighted by molar-refractivity contribution is 5.83. The summed E-state index contributed by atoms with van der Waals surface area (Å²) >= 11 is 0. The summed E-state index contributed by atoms with van der Waals surface area (Å²) in [6.07, 6.45) is 8.40. The third-order valence-corrected chi connectivity index (χ3v) is 7.17. The normalized spacial score (nSPS) is 13.3. The van der Waals surface area contributed by atoms with Gasteiger partial charge in [-0.1, -0.05) is 90.8 Å². The van der Waals surface area contributed by atoms with E-state index >= 15 is 0 Å². The molecule has 0 saturated heterocycles. The molecule has 4 nitrogen and oxygen atoms in total. The average molecular weight is 544 g/mol. The van der Waals surface area contributed by atoms with Gasteiger partial charge in [0.05, 0.1) is 0 Å². The molecule has 1 aliphatic carbocycles. The number of hydrogen-bond acceptors (Lipinski definition) is 2. The van der Waals surface area contributed by atoms with Crippen molar-refractivity contribution in [3.8, 4) is 23.7 Å². The molecule has 0 unspecified atom stereocenters. The molecule has 0 spiro atoms. The predicted octanol–water partition coefficient (Wildman–Crippen LogP) is 6.88. The Labute approximate surface area is 243 Å². The van der Waals surface area contributed by atoms with Crippen LogP contribution in [-0.2, 0) is 22.4 Å². The van der Waals surface area contributed by atoms with Crippen molar-refractivity contribution in [1.29, 1.82) is 0 Å². The number of unbranched alkanes of at least 4 members (excludes halogenated alkanes) is 2. The fourth-order valence-electron chi connectivity index (χ4n) is 4.91. The number of carbonyl (C=O) groups is 2. The molecule has 3 aromatic rings. The van der Waals surface area contributed by atoms with E-state index in [4.69, 9.17) is 0 Å². The molecule has 1 aliphatic rings. The zero-order valence-electron chi connectivity index (χ0n) is 23.5. The van der Waals surface area contributed by atoms with E-state index in [1.807, 2.05) is 66.7 Å². The maximum Gasteiger partial charge on any atom is 0.326 e. The molecule has 208 valence electrons. The maximum absolute atomic E-state index is 12.4. The number of carboxylic acids is 1. The minimum atomic E-state index is -1.01. The van der Waals surface area contributed by atoms with Gasteiger partial charge >= 0.3 is 5.97 Å². The third kappa shape index (κ3) is 10.2. The van der Waals surface area contributed by atoms with Gasteiger partial charge in [0.25, 0.3) is 0 Å². The minimum absolute atomic E-state index is 0.213. The number of carbonyl (C=O) groups excluding carboxylic acids is 1. The summed E-state index contributed by atoms with van der Waals surface area (Å²) in [5.74, 6) is 12.2. The summed E-state index contributed by atoms with van der Waals surface area (Å²) in [6.45, 7) is 0. The standard InChI is InChI=1S/C37H37NO3/c39-36(38-35(37(40)41)28-31-16-6-2-7-17-31)22-9-3-8-15-30-18-12-19-32(27-30)24-26-34-21-11-10-20-33(34)25-23-29-13-4-1-5-14-29/h1-2,4-7,12-14,16-19,27,35H,3,8-11,15,20-22,28H2,(H,38,39)(H,40,41)/t35-/m0/s1. The number of rotatable bonds is 10. The number of aliphatic carboxylic acids is 1. The number of carboxylic acid groups (broad SMARTS) is 1. The van der Waals surface area contributed by atoms with Crippen LogP contribution in [0.15, 0.2) is 96.1 Å². The topological polar surface area (TPSA) is 66.4 Å². The van der Waals surface area contributed by atoms with Gasteiger partial charge in [0.15, 0.2) is 0 Å². The van der Waals surface area contributed by atoms with Crippen LogP contribution >= 0.6 is 0 Å². The summed E-state index contributed by atoms with van der Waals surface area (Å²) in [4.78, 5) is 24.0. The van der Waals surface area contributed by atoms with Gasteiger partial charge in [-0.2, -0.15) is 0 Å². The number of hydrogen-bond donors (Lipinski definition) is 2. The lowest BCUT2D eigenvalue weighted by molar-refractivity contribution is -0.141. The SMILES string of the molecule is O=C(CCCCCc1cccc(C#CC2=C(C#Cc3ccccc3)CCCC2)c1)N[C@@H](Cc1ccccc1)C(=O)O. The zero-order chi connectivity index (χ0) is 28.7. The molecule has 0 radical (unpaired) electrons. The van der Waals surface area contributed by atoms with Gasteiger partial charge in [-0.05, 0) is 80.3 Å². The lowest BCUT2D eigenvalue weighted by Gasteiger charge is -2.14. The van der Waals surface area contributed by atoms with Crippen molar-refractivity contribution in [2.45, 2.75) is 70.3 Å². The smallest absolute Gasteiger partial charge is 0.326 e. The molecule has 4 heteroatoms. The Hall–Kier alpha value is -4.54. The highest BCUT2D eigenvalue weighted by Gasteiger charge is 2.20. The molecular weight excluding hydrogens is 506 g/mol. The number of allylic oxidation sites excluding steroid dienone is 2. The largest absolute Gasteiger partial charge is 0.480 e. The number of aryl methyl sites for hydroxylation is 1. The monoisotopic (exact) mass is 543 g/mol. The van der Waals surface area contributed by atoms with Crippen molar-refractivity contribution in [3.05, 3.63) is 118 Å². The Kier molecular flexibility index (Phi) is 11.4. The first-order valence-electron chi connectivity index (χ1n) is 14.5. The van der Waals surface area contributed by atoms with Gasteiger partial charge in [0, 0.05) is 35.1 Å². The number of nitrogens with one attached hydrogen (secondary N) is 1. The van der Waals surface area contributed by atoms with Crippen LogP contribution < -0.4 is 5.32 Å². The van der Waals surface area contributed by atoms with Crippen LogP contribution in [-0.4, -0.2) is 23.0 Å². The first kappa shape index (κ1) is 29.4. The molecule has 2 N–H and O–H groups in total. The Morgan fingerprint density at radius 2 is 1.32 bits per heavy atom. The predicted molar refractivity (Wildman–Crippen MR) is 164 cm³/mol. The molecule has 0 bridgehead atoms. The summed E-state index contributed by atoms with van der Waals surface area (Å²) in [5, 5.41) is 12.2. The van der Waals surface area contributed by atoms with Crippen LogP contribution in [0.3, 0.4) is 0 Å². The van der Waals surface area contributed by atoms with Gasteiger partial charge < -0.3 is 10.4 Å².